The third kappa shape index (κ3) is 3.15. The van der Waals surface area contributed by atoms with E-state index in [2.05, 4.69) is 32.7 Å². The van der Waals surface area contributed by atoms with E-state index in [0.717, 1.165) is 6.42 Å². The van der Waals surface area contributed by atoms with Gasteiger partial charge in [-0.3, -0.25) is 0 Å². The van der Waals surface area contributed by atoms with Gasteiger partial charge in [-0.25, -0.2) is 0 Å². The summed E-state index contributed by atoms with van der Waals surface area (Å²) in [7, 11) is 0. The van der Waals surface area contributed by atoms with Gasteiger partial charge >= 0.3 is 0 Å². The predicted octanol–water partition coefficient (Wildman–Crippen LogP) is 3.26. The first-order valence-electron chi connectivity index (χ1n) is 5.38. The van der Waals surface area contributed by atoms with Crippen molar-refractivity contribution in [3.8, 4) is 0 Å². The lowest BCUT2D eigenvalue weighted by Gasteiger charge is -2.44. The molecule has 0 spiro atoms. The molecule has 1 unspecified atom stereocenters. The molecule has 1 atom stereocenters. The van der Waals surface area contributed by atoms with Crippen molar-refractivity contribution in [2.45, 2.75) is 64.0 Å². The highest BCUT2D eigenvalue weighted by Gasteiger charge is 2.34. The first kappa shape index (κ1) is 10.8. The summed E-state index contributed by atoms with van der Waals surface area (Å²) in [4.78, 5) is 0. The SMILES string of the molecule is C=CCCC1(C)CCCC(C)(C)N1. The zero-order valence-electron chi connectivity index (χ0n) is 9.32. The van der Waals surface area contributed by atoms with Crippen molar-refractivity contribution in [3.63, 3.8) is 0 Å². The first-order valence-corrected chi connectivity index (χ1v) is 5.38. The van der Waals surface area contributed by atoms with Crippen molar-refractivity contribution >= 4 is 0 Å². The maximum absolute atomic E-state index is 3.78. The fourth-order valence-corrected chi connectivity index (χ4v) is 2.47. The van der Waals surface area contributed by atoms with E-state index in [9.17, 15) is 0 Å². The molecule has 0 radical (unpaired) electrons. The Hall–Kier alpha value is -0.300. The van der Waals surface area contributed by atoms with Crippen molar-refractivity contribution in [1.29, 1.82) is 0 Å². The predicted molar refractivity (Wildman–Crippen MR) is 58.9 cm³/mol. The Kier molecular flexibility index (Phi) is 3.18. The second kappa shape index (κ2) is 3.83. The molecule has 0 aromatic carbocycles. The maximum Gasteiger partial charge on any atom is 0.0161 e. The van der Waals surface area contributed by atoms with Crippen LogP contribution in [-0.4, -0.2) is 11.1 Å². The van der Waals surface area contributed by atoms with Crippen LogP contribution in [0.3, 0.4) is 0 Å². The summed E-state index contributed by atoms with van der Waals surface area (Å²) in [5.41, 5.74) is 0.671. The van der Waals surface area contributed by atoms with Gasteiger partial charge in [0.15, 0.2) is 0 Å². The lowest BCUT2D eigenvalue weighted by Crippen LogP contribution is -2.56. The Morgan fingerprint density at radius 2 is 2.00 bits per heavy atom. The van der Waals surface area contributed by atoms with E-state index in [4.69, 9.17) is 0 Å². The average Bonchev–Trinajstić information content (AvgIpc) is 1.98. The van der Waals surface area contributed by atoms with E-state index in [1.54, 1.807) is 0 Å². The van der Waals surface area contributed by atoms with Crippen molar-refractivity contribution < 1.29 is 0 Å². The van der Waals surface area contributed by atoms with Gasteiger partial charge in [0.1, 0.15) is 0 Å². The molecule has 1 heterocycles. The lowest BCUT2D eigenvalue weighted by molar-refractivity contribution is 0.159. The van der Waals surface area contributed by atoms with E-state index in [1.807, 2.05) is 6.08 Å². The van der Waals surface area contributed by atoms with Gasteiger partial charge < -0.3 is 5.32 Å². The van der Waals surface area contributed by atoms with Gasteiger partial charge in [0.2, 0.25) is 0 Å². The standard InChI is InChI=1S/C12H23N/c1-5-6-9-12(4)10-7-8-11(2,3)13-12/h5,13H,1,6-10H2,2-4H3. The number of hydrogen-bond acceptors (Lipinski definition) is 1. The first-order chi connectivity index (χ1) is 5.97. The Labute approximate surface area is 82.6 Å². The van der Waals surface area contributed by atoms with Crippen LogP contribution in [0.15, 0.2) is 12.7 Å². The monoisotopic (exact) mass is 181 g/mol. The molecule has 13 heavy (non-hydrogen) atoms. The van der Waals surface area contributed by atoms with Gasteiger partial charge in [-0.2, -0.15) is 0 Å². The highest BCUT2D eigenvalue weighted by molar-refractivity contribution is 4.96. The molecule has 0 bridgehead atoms. The van der Waals surface area contributed by atoms with Gasteiger partial charge in [-0.15, -0.1) is 6.58 Å². The van der Waals surface area contributed by atoms with E-state index in [1.165, 1.54) is 25.7 Å². The molecule has 1 N–H and O–H groups in total. The minimum absolute atomic E-state index is 0.328. The van der Waals surface area contributed by atoms with Crippen LogP contribution in [-0.2, 0) is 0 Å². The smallest absolute Gasteiger partial charge is 0.0161 e. The third-order valence-corrected chi connectivity index (χ3v) is 3.07. The quantitative estimate of drug-likeness (QED) is 0.659. The molecule has 1 heteroatoms. The van der Waals surface area contributed by atoms with Crippen LogP contribution in [0.1, 0.15) is 52.9 Å². The summed E-state index contributed by atoms with van der Waals surface area (Å²) in [5.74, 6) is 0. The summed E-state index contributed by atoms with van der Waals surface area (Å²) >= 11 is 0. The van der Waals surface area contributed by atoms with Crippen LogP contribution < -0.4 is 5.32 Å². The number of rotatable bonds is 3. The van der Waals surface area contributed by atoms with E-state index in [-0.39, 0.29) is 0 Å². The molecular formula is C12H23N. The van der Waals surface area contributed by atoms with Crippen LogP contribution in [0.2, 0.25) is 0 Å². The maximum atomic E-state index is 3.78. The fraction of sp³-hybridized carbons (Fsp3) is 0.833. The van der Waals surface area contributed by atoms with Gasteiger partial charge in [0.25, 0.3) is 0 Å². The molecule has 0 amide bonds. The Morgan fingerprint density at radius 1 is 1.31 bits per heavy atom. The normalized spacial score (nSPS) is 32.8. The molecule has 1 aliphatic rings. The van der Waals surface area contributed by atoms with Crippen LogP contribution in [0.5, 0.6) is 0 Å². The third-order valence-electron chi connectivity index (χ3n) is 3.07. The van der Waals surface area contributed by atoms with Crippen LogP contribution in [0, 0.1) is 0 Å². The van der Waals surface area contributed by atoms with Crippen LogP contribution >= 0.6 is 0 Å². The van der Waals surface area contributed by atoms with Gasteiger partial charge in [-0.05, 0) is 52.9 Å². The summed E-state index contributed by atoms with van der Waals surface area (Å²) in [5, 5.41) is 3.76. The fourth-order valence-electron chi connectivity index (χ4n) is 2.47. The molecule has 0 aliphatic carbocycles. The molecule has 0 aromatic heterocycles. The van der Waals surface area contributed by atoms with E-state index in [0.29, 0.717) is 11.1 Å². The van der Waals surface area contributed by atoms with Crippen LogP contribution in [0.25, 0.3) is 0 Å². The zero-order chi connectivity index (χ0) is 9.95. The average molecular weight is 181 g/mol. The molecule has 0 saturated carbocycles. The van der Waals surface area contributed by atoms with Crippen LogP contribution in [0.4, 0.5) is 0 Å². The zero-order valence-corrected chi connectivity index (χ0v) is 9.32. The second-order valence-electron chi connectivity index (χ2n) is 5.25. The minimum atomic E-state index is 0.328. The highest BCUT2D eigenvalue weighted by Crippen LogP contribution is 2.31. The number of hydrogen-bond donors (Lipinski definition) is 1. The van der Waals surface area contributed by atoms with Crippen molar-refractivity contribution in [2.24, 2.45) is 0 Å². The number of piperidine rings is 1. The van der Waals surface area contributed by atoms with Gasteiger partial charge in [0, 0.05) is 11.1 Å². The number of allylic oxidation sites excluding steroid dienone is 1. The largest absolute Gasteiger partial charge is 0.307 e. The van der Waals surface area contributed by atoms with Gasteiger partial charge in [0.05, 0.1) is 0 Å². The Morgan fingerprint density at radius 3 is 2.54 bits per heavy atom. The molecule has 76 valence electrons. The molecule has 1 saturated heterocycles. The minimum Gasteiger partial charge on any atom is -0.307 e. The van der Waals surface area contributed by atoms with E-state index >= 15 is 0 Å². The summed E-state index contributed by atoms with van der Waals surface area (Å²) in [6.07, 6.45) is 8.34. The molecule has 1 rings (SSSR count). The Bertz CT molecular complexity index is 184. The van der Waals surface area contributed by atoms with Crippen molar-refractivity contribution in [2.75, 3.05) is 0 Å². The highest BCUT2D eigenvalue weighted by atomic mass is 15.0. The van der Waals surface area contributed by atoms with Gasteiger partial charge in [-0.1, -0.05) is 6.08 Å². The summed E-state index contributed by atoms with van der Waals surface area (Å²) in [6, 6.07) is 0. The molecular weight excluding hydrogens is 158 g/mol. The van der Waals surface area contributed by atoms with Crippen molar-refractivity contribution in [1.82, 2.24) is 5.32 Å². The Balaban J connectivity index is 2.52. The topological polar surface area (TPSA) is 12.0 Å². The van der Waals surface area contributed by atoms with E-state index < -0.39 is 0 Å². The summed E-state index contributed by atoms with van der Waals surface area (Å²) < 4.78 is 0. The molecule has 1 nitrogen and oxygen atoms in total. The molecule has 0 aromatic rings. The summed E-state index contributed by atoms with van der Waals surface area (Å²) in [6.45, 7) is 10.7. The van der Waals surface area contributed by atoms with Crippen molar-refractivity contribution in [3.05, 3.63) is 12.7 Å². The second-order valence-corrected chi connectivity index (χ2v) is 5.25. The number of nitrogens with one attached hydrogen (secondary N) is 1. The molecule has 1 aliphatic heterocycles. The lowest BCUT2D eigenvalue weighted by atomic mass is 9.79. The molecule has 1 fully saturated rings.